The standard InChI is InChI=1S/C12H17NS/c1-9-7-11(5-3-4-6-14)8-10(2)12(9)13/h3,5,7-8,14H,4,6,13H2,1-2H3. The predicted molar refractivity (Wildman–Crippen MR) is 67.8 cm³/mol. The number of thiol groups is 1. The van der Waals surface area contributed by atoms with Gasteiger partial charge in [-0.05, 0) is 54.8 Å². The first-order valence-corrected chi connectivity index (χ1v) is 5.42. The first-order valence-electron chi connectivity index (χ1n) is 4.79. The van der Waals surface area contributed by atoms with E-state index in [1.165, 1.54) is 5.56 Å². The van der Waals surface area contributed by atoms with Crippen LogP contribution < -0.4 is 5.73 Å². The Morgan fingerprint density at radius 3 is 2.36 bits per heavy atom. The van der Waals surface area contributed by atoms with Crippen LogP contribution in [0.2, 0.25) is 0 Å². The van der Waals surface area contributed by atoms with Crippen molar-refractivity contribution in [1.82, 2.24) is 0 Å². The minimum atomic E-state index is 0.892. The summed E-state index contributed by atoms with van der Waals surface area (Å²) in [6, 6.07) is 4.22. The quantitative estimate of drug-likeness (QED) is 0.577. The van der Waals surface area contributed by atoms with Gasteiger partial charge in [0.2, 0.25) is 0 Å². The van der Waals surface area contributed by atoms with Crippen LogP contribution in [0, 0.1) is 13.8 Å². The van der Waals surface area contributed by atoms with E-state index >= 15 is 0 Å². The SMILES string of the molecule is Cc1cc(C=CCCS)cc(C)c1N. The lowest BCUT2D eigenvalue weighted by molar-refractivity contribution is 1.26. The zero-order valence-electron chi connectivity index (χ0n) is 8.75. The van der Waals surface area contributed by atoms with Gasteiger partial charge in [0.15, 0.2) is 0 Å². The molecule has 0 fully saturated rings. The Bertz CT molecular complexity index is 319. The molecule has 0 bridgehead atoms. The molecule has 1 nitrogen and oxygen atoms in total. The van der Waals surface area contributed by atoms with E-state index in [4.69, 9.17) is 5.73 Å². The molecule has 1 rings (SSSR count). The van der Waals surface area contributed by atoms with Crippen LogP contribution in [0.25, 0.3) is 6.08 Å². The van der Waals surface area contributed by atoms with E-state index in [1.54, 1.807) is 0 Å². The van der Waals surface area contributed by atoms with Gasteiger partial charge in [0.05, 0.1) is 0 Å². The molecule has 1 aromatic carbocycles. The number of hydrogen-bond acceptors (Lipinski definition) is 2. The van der Waals surface area contributed by atoms with Crippen LogP contribution in [0.15, 0.2) is 18.2 Å². The Kier molecular flexibility index (Phi) is 4.08. The van der Waals surface area contributed by atoms with Gasteiger partial charge in [0.25, 0.3) is 0 Å². The lowest BCUT2D eigenvalue weighted by Crippen LogP contribution is -1.93. The maximum atomic E-state index is 5.87. The summed E-state index contributed by atoms with van der Waals surface area (Å²) < 4.78 is 0. The van der Waals surface area contributed by atoms with Gasteiger partial charge in [-0.25, -0.2) is 0 Å². The van der Waals surface area contributed by atoms with Crippen molar-refractivity contribution in [3.8, 4) is 0 Å². The fourth-order valence-corrected chi connectivity index (χ4v) is 1.55. The Labute approximate surface area is 91.4 Å². The average molecular weight is 207 g/mol. The number of allylic oxidation sites excluding steroid dienone is 1. The van der Waals surface area contributed by atoms with E-state index in [0.29, 0.717) is 0 Å². The number of benzene rings is 1. The fourth-order valence-electron chi connectivity index (χ4n) is 1.40. The molecular weight excluding hydrogens is 190 g/mol. The first-order chi connectivity index (χ1) is 6.65. The molecule has 0 atom stereocenters. The highest BCUT2D eigenvalue weighted by atomic mass is 32.1. The van der Waals surface area contributed by atoms with Crippen LogP contribution in [-0.4, -0.2) is 5.75 Å². The van der Waals surface area contributed by atoms with Gasteiger partial charge in [-0.2, -0.15) is 12.6 Å². The molecule has 0 aliphatic heterocycles. The maximum absolute atomic E-state index is 5.87. The first kappa shape index (κ1) is 11.2. The Balaban J connectivity index is 2.89. The molecule has 0 saturated heterocycles. The van der Waals surface area contributed by atoms with Crippen molar-refractivity contribution >= 4 is 24.4 Å². The minimum Gasteiger partial charge on any atom is -0.398 e. The van der Waals surface area contributed by atoms with E-state index in [0.717, 1.165) is 29.0 Å². The largest absolute Gasteiger partial charge is 0.398 e. The molecule has 0 aliphatic rings. The number of rotatable bonds is 3. The highest BCUT2D eigenvalue weighted by Gasteiger charge is 1.98. The van der Waals surface area contributed by atoms with Crippen LogP contribution >= 0.6 is 12.6 Å². The highest BCUT2D eigenvalue weighted by Crippen LogP contribution is 2.19. The summed E-state index contributed by atoms with van der Waals surface area (Å²) in [5.41, 5.74) is 10.3. The number of nitrogen functional groups attached to an aromatic ring is 1. The molecular formula is C12H17NS. The number of hydrogen-bond donors (Lipinski definition) is 2. The predicted octanol–water partition coefficient (Wildman–Crippen LogP) is 3.22. The second kappa shape index (κ2) is 5.11. The molecule has 0 aliphatic carbocycles. The van der Waals surface area contributed by atoms with Gasteiger partial charge >= 0.3 is 0 Å². The van der Waals surface area contributed by atoms with Gasteiger partial charge in [-0.3, -0.25) is 0 Å². The Morgan fingerprint density at radius 2 is 1.86 bits per heavy atom. The third-order valence-corrected chi connectivity index (χ3v) is 2.48. The summed E-state index contributed by atoms with van der Waals surface area (Å²) in [4.78, 5) is 0. The Hall–Kier alpha value is -0.890. The van der Waals surface area contributed by atoms with Gasteiger partial charge < -0.3 is 5.73 Å². The third-order valence-electron chi connectivity index (χ3n) is 2.22. The number of aryl methyl sites for hydroxylation is 2. The molecule has 0 unspecified atom stereocenters. The molecule has 0 saturated carbocycles. The van der Waals surface area contributed by atoms with Crippen molar-refractivity contribution in [2.75, 3.05) is 11.5 Å². The summed E-state index contributed by atoms with van der Waals surface area (Å²) in [6.45, 7) is 4.08. The molecule has 0 aromatic heterocycles. The zero-order valence-corrected chi connectivity index (χ0v) is 9.64. The van der Waals surface area contributed by atoms with Crippen molar-refractivity contribution in [1.29, 1.82) is 0 Å². The molecule has 76 valence electrons. The smallest absolute Gasteiger partial charge is 0.0373 e. The molecule has 2 heteroatoms. The van der Waals surface area contributed by atoms with E-state index in [-0.39, 0.29) is 0 Å². The van der Waals surface area contributed by atoms with Crippen LogP contribution in [0.4, 0.5) is 5.69 Å². The van der Waals surface area contributed by atoms with Crippen molar-refractivity contribution in [3.63, 3.8) is 0 Å². The fraction of sp³-hybridized carbons (Fsp3) is 0.333. The van der Waals surface area contributed by atoms with Crippen molar-refractivity contribution in [3.05, 3.63) is 34.9 Å². The normalized spacial score (nSPS) is 11.1. The monoisotopic (exact) mass is 207 g/mol. The molecule has 0 spiro atoms. The summed E-state index contributed by atoms with van der Waals surface area (Å²) >= 11 is 4.15. The molecule has 2 N–H and O–H groups in total. The highest BCUT2D eigenvalue weighted by molar-refractivity contribution is 7.80. The summed E-state index contributed by atoms with van der Waals surface area (Å²) in [7, 11) is 0. The molecule has 0 amide bonds. The lowest BCUT2D eigenvalue weighted by Gasteiger charge is -2.05. The van der Waals surface area contributed by atoms with Gasteiger partial charge in [-0.1, -0.05) is 12.2 Å². The van der Waals surface area contributed by atoms with Gasteiger partial charge in [0, 0.05) is 5.69 Å². The average Bonchev–Trinajstić information content (AvgIpc) is 2.14. The second-order valence-electron chi connectivity index (χ2n) is 3.48. The summed E-state index contributed by atoms with van der Waals surface area (Å²) in [6.07, 6.45) is 5.26. The topological polar surface area (TPSA) is 26.0 Å². The van der Waals surface area contributed by atoms with E-state index in [9.17, 15) is 0 Å². The maximum Gasteiger partial charge on any atom is 0.0373 e. The zero-order chi connectivity index (χ0) is 10.6. The van der Waals surface area contributed by atoms with Gasteiger partial charge in [-0.15, -0.1) is 0 Å². The molecule has 1 aromatic rings. The van der Waals surface area contributed by atoms with Crippen LogP contribution in [0.5, 0.6) is 0 Å². The van der Waals surface area contributed by atoms with E-state index in [2.05, 4.69) is 36.9 Å². The van der Waals surface area contributed by atoms with Crippen molar-refractivity contribution in [2.45, 2.75) is 20.3 Å². The van der Waals surface area contributed by atoms with Crippen LogP contribution in [0.1, 0.15) is 23.1 Å². The Morgan fingerprint density at radius 1 is 1.29 bits per heavy atom. The third kappa shape index (κ3) is 2.81. The number of nitrogens with two attached hydrogens (primary N) is 1. The lowest BCUT2D eigenvalue weighted by atomic mass is 10.0. The van der Waals surface area contributed by atoms with E-state index < -0.39 is 0 Å². The summed E-state index contributed by atoms with van der Waals surface area (Å²) in [5.74, 6) is 0.892. The molecule has 0 heterocycles. The molecule has 0 radical (unpaired) electrons. The van der Waals surface area contributed by atoms with Crippen LogP contribution in [0.3, 0.4) is 0 Å². The number of anilines is 1. The van der Waals surface area contributed by atoms with Crippen molar-refractivity contribution < 1.29 is 0 Å². The summed E-state index contributed by atoms with van der Waals surface area (Å²) in [5, 5.41) is 0. The van der Waals surface area contributed by atoms with E-state index in [1.807, 2.05) is 13.8 Å². The van der Waals surface area contributed by atoms with Gasteiger partial charge in [0.1, 0.15) is 0 Å². The molecule has 14 heavy (non-hydrogen) atoms. The van der Waals surface area contributed by atoms with Crippen LogP contribution in [-0.2, 0) is 0 Å². The van der Waals surface area contributed by atoms with Crippen molar-refractivity contribution in [2.24, 2.45) is 0 Å². The minimum absolute atomic E-state index is 0.892. The second-order valence-corrected chi connectivity index (χ2v) is 3.93.